The van der Waals surface area contributed by atoms with Crippen LogP contribution in [0.1, 0.15) is 23.9 Å². The quantitative estimate of drug-likeness (QED) is 0.233. The summed E-state index contributed by atoms with van der Waals surface area (Å²) in [6.07, 6.45) is 1.85. The van der Waals surface area contributed by atoms with Gasteiger partial charge in [-0.15, -0.1) is 5.10 Å². The number of rotatable bonds is 9. The van der Waals surface area contributed by atoms with E-state index in [2.05, 4.69) is 39.0 Å². The Labute approximate surface area is 216 Å². The van der Waals surface area contributed by atoms with Crippen molar-refractivity contribution in [2.24, 2.45) is 0 Å². The van der Waals surface area contributed by atoms with Gasteiger partial charge in [0.15, 0.2) is 4.96 Å². The van der Waals surface area contributed by atoms with Gasteiger partial charge in [0.25, 0.3) is 0 Å². The van der Waals surface area contributed by atoms with Crippen LogP contribution in [0.15, 0.2) is 79.0 Å². The second kappa shape index (κ2) is 10.1. The van der Waals surface area contributed by atoms with Gasteiger partial charge in [-0.1, -0.05) is 59.0 Å². The molecule has 0 aliphatic rings. The third-order valence-corrected chi connectivity index (χ3v) is 7.01. The van der Waals surface area contributed by atoms with Crippen LogP contribution in [0.4, 0.5) is 4.39 Å². The minimum Gasteiger partial charge on any atom is -0.494 e. The molecule has 0 N–H and O–H groups in total. The maximum absolute atomic E-state index is 13.2. The van der Waals surface area contributed by atoms with Crippen LogP contribution < -0.4 is 4.74 Å². The molecule has 9 heteroatoms. The molecule has 6 aromatic rings. The van der Waals surface area contributed by atoms with E-state index >= 15 is 0 Å². The number of nitrogens with zero attached hydrogens (tertiary/aromatic N) is 5. The monoisotopic (exact) mass is 513 g/mol. The standard InChI is InChI=1S/C28H24FN5O2S/c1-2-36-23-12-13-24-26(14-23)37-28-30-27(20-6-4-3-5-7-20)25(34(24)28)18-35-17-22-16-33(32-31-22)15-19-8-10-21(29)11-9-19/h3-14,16H,2,15,17-18H2,1H3. The topological polar surface area (TPSA) is 66.5 Å². The van der Waals surface area contributed by atoms with Crippen molar-refractivity contribution in [3.8, 4) is 17.0 Å². The summed E-state index contributed by atoms with van der Waals surface area (Å²) >= 11 is 1.63. The Balaban J connectivity index is 1.26. The van der Waals surface area contributed by atoms with Crippen molar-refractivity contribution in [2.75, 3.05) is 6.61 Å². The summed E-state index contributed by atoms with van der Waals surface area (Å²) in [5.41, 5.74) is 5.67. The minimum absolute atomic E-state index is 0.256. The predicted molar refractivity (Wildman–Crippen MR) is 141 cm³/mol. The molecular weight excluding hydrogens is 489 g/mol. The summed E-state index contributed by atoms with van der Waals surface area (Å²) in [5.74, 6) is 0.595. The summed E-state index contributed by atoms with van der Waals surface area (Å²) in [5, 5.41) is 8.42. The molecule has 6 rings (SSSR count). The molecule has 0 saturated carbocycles. The van der Waals surface area contributed by atoms with Crippen molar-refractivity contribution < 1.29 is 13.9 Å². The number of fused-ring (bicyclic) bond motifs is 3. The summed E-state index contributed by atoms with van der Waals surface area (Å²) < 4.78 is 30.0. The molecule has 0 saturated heterocycles. The van der Waals surface area contributed by atoms with Crippen LogP contribution in [-0.4, -0.2) is 31.0 Å². The molecule has 0 atom stereocenters. The van der Waals surface area contributed by atoms with E-state index in [-0.39, 0.29) is 5.82 Å². The first-order valence-corrected chi connectivity index (χ1v) is 12.8. The average Bonchev–Trinajstić information content (AvgIpc) is 3.60. The average molecular weight is 514 g/mol. The third-order valence-electron chi connectivity index (χ3n) is 6.01. The first-order valence-electron chi connectivity index (χ1n) is 12.0. The first kappa shape index (κ1) is 23.3. The SMILES string of the molecule is CCOc1ccc2c(c1)sc1nc(-c3ccccc3)c(COCc3cn(Cc4ccc(F)cc4)nn3)n12. The van der Waals surface area contributed by atoms with E-state index in [0.29, 0.717) is 26.4 Å². The minimum atomic E-state index is -0.256. The molecule has 0 aliphatic heterocycles. The Morgan fingerprint density at radius 3 is 2.62 bits per heavy atom. The molecule has 7 nitrogen and oxygen atoms in total. The highest BCUT2D eigenvalue weighted by Gasteiger charge is 2.19. The summed E-state index contributed by atoms with van der Waals surface area (Å²) in [6.45, 7) is 3.78. The zero-order valence-electron chi connectivity index (χ0n) is 20.2. The molecule has 3 aromatic carbocycles. The Bertz CT molecular complexity index is 1660. The van der Waals surface area contributed by atoms with Crippen molar-refractivity contribution in [2.45, 2.75) is 26.7 Å². The zero-order valence-corrected chi connectivity index (χ0v) is 21.0. The van der Waals surface area contributed by atoms with E-state index in [1.165, 1.54) is 12.1 Å². The van der Waals surface area contributed by atoms with E-state index < -0.39 is 0 Å². The Morgan fingerprint density at radius 2 is 1.81 bits per heavy atom. The van der Waals surface area contributed by atoms with Gasteiger partial charge in [-0.25, -0.2) is 14.1 Å². The lowest BCUT2D eigenvalue weighted by molar-refractivity contribution is 0.102. The number of thiazole rings is 1. The number of hydrogen-bond donors (Lipinski definition) is 0. The van der Waals surface area contributed by atoms with Gasteiger partial charge in [0.05, 0.1) is 54.2 Å². The van der Waals surface area contributed by atoms with Crippen molar-refractivity contribution in [3.05, 3.63) is 102 Å². The van der Waals surface area contributed by atoms with Crippen molar-refractivity contribution in [1.29, 1.82) is 0 Å². The first-order chi connectivity index (χ1) is 18.2. The number of halogens is 1. The van der Waals surface area contributed by atoms with Crippen LogP contribution >= 0.6 is 11.3 Å². The fraction of sp³-hybridized carbons (Fsp3) is 0.179. The van der Waals surface area contributed by atoms with Gasteiger partial charge in [-0.05, 0) is 42.8 Å². The van der Waals surface area contributed by atoms with E-state index in [1.807, 2.05) is 37.4 Å². The smallest absolute Gasteiger partial charge is 0.195 e. The summed E-state index contributed by atoms with van der Waals surface area (Å²) in [6, 6.07) is 22.6. The van der Waals surface area contributed by atoms with Gasteiger partial charge in [0, 0.05) is 5.56 Å². The molecule has 3 aromatic heterocycles. The molecule has 0 bridgehead atoms. The molecule has 0 spiro atoms. The van der Waals surface area contributed by atoms with Crippen molar-refractivity contribution in [3.63, 3.8) is 0 Å². The third kappa shape index (κ3) is 4.83. The van der Waals surface area contributed by atoms with E-state index in [4.69, 9.17) is 14.5 Å². The normalized spacial score (nSPS) is 11.5. The maximum Gasteiger partial charge on any atom is 0.195 e. The molecule has 0 aliphatic carbocycles. The Morgan fingerprint density at radius 1 is 0.973 bits per heavy atom. The number of aromatic nitrogens is 5. The Hall–Kier alpha value is -4.08. The molecule has 0 radical (unpaired) electrons. The number of hydrogen-bond acceptors (Lipinski definition) is 6. The lowest BCUT2D eigenvalue weighted by atomic mass is 10.1. The second-order valence-electron chi connectivity index (χ2n) is 8.58. The van der Waals surface area contributed by atoms with Gasteiger partial charge < -0.3 is 9.47 Å². The van der Waals surface area contributed by atoms with Crippen LogP contribution in [0.5, 0.6) is 5.75 Å². The number of imidazole rings is 1. The lowest BCUT2D eigenvalue weighted by Crippen LogP contribution is -2.01. The predicted octanol–water partition coefficient (Wildman–Crippen LogP) is 6.11. The molecule has 0 amide bonds. The van der Waals surface area contributed by atoms with Crippen molar-refractivity contribution >= 4 is 26.5 Å². The molecule has 3 heterocycles. The van der Waals surface area contributed by atoms with E-state index in [0.717, 1.165) is 49.1 Å². The summed E-state index contributed by atoms with van der Waals surface area (Å²) in [7, 11) is 0. The fourth-order valence-electron chi connectivity index (χ4n) is 4.34. The van der Waals surface area contributed by atoms with Crippen LogP contribution in [-0.2, 0) is 24.5 Å². The van der Waals surface area contributed by atoms with Crippen LogP contribution in [0, 0.1) is 5.82 Å². The number of benzene rings is 3. The summed E-state index contributed by atoms with van der Waals surface area (Å²) in [4.78, 5) is 5.89. The highest BCUT2D eigenvalue weighted by molar-refractivity contribution is 7.23. The van der Waals surface area contributed by atoms with Crippen LogP contribution in [0.25, 0.3) is 26.4 Å². The van der Waals surface area contributed by atoms with E-state index in [9.17, 15) is 4.39 Å². The maximum atomic E-state index is 13.2. The lowest BCUT2D eigenvalue weighted by Gasteiger charge is -2.07. The van der Waals surface area contributed by atoms with E-state index in [1.54, 1.807) is 28.2 Å². The molecule has 0 fully saturated rings. The largest absolute Gasteiger partial charge is 0.494 e. The van der Waals surface area contributed by atoms with Gasteiger partial charge >= 0.3 is 0 Å². The zero-order chi connectivity index (χ0) is 25.2. The van der Waals surface area contributed by atoms with Crippen molar-refractivity contribution in [1.82, 2.24) is 24.4 Å². The Kier molecular flexibility index (Phi) is 6.38. The fourth-order valence-corrected chi connectivity index (χ4v) is 5.41. The highest BCUT2D eigenvalue weighted by Crippen LogP contribution is 2.35. The van der Waals surface area contributed by atoms with Gasteiger partial charge in [0.1, 0.15) is 17.3 Å². The van der Waals surface area contributed by atoms with Crippen LogP contribution in [0.3, 0.4) is 0 Å². The van der Waals surface area contributed by atoms with Gasteiger partial charge in [-0.2, -0.15) is 0 Å². The van der Waals surface area contributed by atoms with Gasteiger partial charge in [-0.3, -0.25) is 4.40 Å². The molecule has 186 valence electrons. The molecular formula is C28H24FN5O2S. The van der Waals surface area contributed by atoms with Crippen LogP contribution in [0.2, 0.25) is 0 Å². The molecule has 0 unspecified atom stereocenters. The van der Waals surface area contributed by atoms with Gasteiger partial charge in [0.2, 0.25) is 0 Å². The highest BCUT2D eigenvalue weighted by atomic mass is 32.1. The molecule has 37 heavy (non-hydrogen) atoms. The number of ether oxygens (including phenoxy) is 2. The second-order valence-corrected chi connectivity index (χ2v) is 9.59.